The van der Waals surface area contributed by atoms with Gasteiger partial charge in [0.1, 0.15) is 13.2 Å². The standard InChI is InChI=1S/C63H120O6/c1-4-7-10-13-16-19-22-25-27-29-31-32-34-35-38-41-44-47-50-53-56-62(65)68-59-60(58-67-61(64)55-52-49-46-43-40-37-24-21-18-15-12-9-6-3)69-63(66)57-54-51-48-45-42-39-36-33-30-28-26-23-20-17-14-11-8-5-2/h21,24,60H,4-20,22-23,25-59H2,1-3H3/b24-21-. The summed E-state index contributed by atoms with van der Waals surface area (Å²) in [5.74, 6) is -0.846. The first-order valence-electron chi connectivity index (χ1n) is 31.2. The van der Waals surface area contributed by atoms with E-state index in [9.17, 15) is 14.4 Å². The second kappa shape index (κ2) is 58.7. The van der Waals surface area contributed by atoms with Crippen LogP contribution in [0.3, 0.4) is 0 Å². The number of esters is 3. The molecule has 6 heteroatoms. The Hall–Kier alpha value is -1.85. The summed E-state index contributed by atoms with van der Waals surface area (Å²) < 4.78 is 16.9. The van der Waals surface area contributed by atoms with Crippen LogP contribution >= 0.6 is 0 Å². The molecular weight excluding hydrogens is 853 g/mol. The Morgan fingerprint density at radius 2 is 0.478 bits per heavy atom. The highest BCUT2D eigenvalue weighted by molar-refractivity contribution is 5.71. The highest BCUT2D eigenvalue weighted by atomic mass is 16.6. The van der Waals surface area contributed by atoms with Crippen molar-refractivity contribution in [3.63, 3.8) is 0 Å². The molecule has 1 atom stereocenters. The molecule has 0 rings (SSSR count). The van der Waals surface area contributed by atoms with Crippen molar-refractivity contribution in [2.75, 3.05) is 13.2 Å². The van der Waals surface area contributed by atoms with Crippen LogP contribution in [0.4, 0.5) is 0 Å². The van der Waals surface area contributed by atoms with Gasteiger partial charge in [-0.15, -0.1) is 0 Å². The van der Waals surface area contributed by atoms with Crippen LogP contribution in [0.1, 0.15) is 355 Å². The van der Waals surface area contributed by atoms with E-state index >= 15 is 0 Å². The maximum Gasteiger partial charge on any atom is 0.306 e. The van der Waals surface area contributed by atoms with Gasteiger partial charge in [0.15, 0.2) is 6.10 Å². The van der Waals surface area contributed by atoms with Crippen molar-refractivity contribution in [3.05, 3.63) is 12.2 Å². The van der Waals surface area contributed by atoms with E-state index in [0.717, 1.165) is 64.2 Å². The number of unbranched alkanes of at least 4 members (excludes halogenated alkanes) is 45. The molecule has 0 N–H and O–H groups in total. The first kappa shape index (κ1) is 67.1. The van der Waals surface area contributed by atoms with Crippen LogP contribution in [-0.4, -0.2) is 37.2 Å². The summed E-state index contributed by atoms with van der Waals surface area (Å²) in [6, 6.07) is 0. The van der Waals surface area contributed by atoms with Crippen molar-refractivity contribution in [1.29, 1.82) is 0 Å². The Balaban J connectivity index is 4.27. The molecule has 69 heavy (non-hydrogen) atoms. The predicted octanol–water partition coefficient (Wildman–Crippen LogP) is 20.9. The lowest BCUT2D eigenvalue weighted by molar-refractivity contribution is -0.167. The van der Waals surface area contributed by atoms with Gasteiger partial charge in [-0.1, -0.05) is 303 Å². The second-order valence-electron chi connectivity index (χ2n) is 21.3. The molecule has 0 aliphatic carbocycles. The third-order valence-corrected chi connectivity index (χ3v) is 14.3. The SMILES string of the molecule is CCCCCC/C=C\CCCCCCCC(=O)OCC(COC(=O)CCCCCCCCCCCCCCCCCCCCCC)OC(=O)CCCCCCCCCCCCCCCCCCCC. The van der Waals surface area contributed by atoms with Gasteiger partial charge in [0.05, 0.1) is 0 Å². The number of hydrogen-bond acceptors (Lipinski definition) is 6. The van der Waals surface area contributed by atoms with Crippen LogP contribution in [0.15, 0.2) is 12.2 Å². The normalized spacial score (nSPS) is 12.0. The monoisotopic (exact) mass is 973 g/mol. The molecule has 0 amide bonds. The van der Waals surface area contributed by atoms with Gasteiger partial charge in [0.2, 0.25) is 0 Å². The van der Waals surface area contributed by atoms with E-state index in [1.807, 2.05) is 0 Å². The Morgan fingerprint density at radius 3 is 0.739 bits per heavy atom. The zero-order chi connectivity index (χ0) is 50.0. The minimum atomic E-state index is -0.768. The fraction of sp³-hybridized carbons (Fsp3) is 0.921. The predicted molar refractivity (Wildman–Crippen MR) is 298 cm³/mol. The third-order valence-electron chi connectivity index (χ3n) is 14.3. The summed E-state index contributed by atoms with van der Waals surface area (Å²) in [4.78, 5) is 38.2. The van der Waals surface area contributed by atoms with Gasteiger partial charge in [-0.25, -0.2) is 0 Å². The molecule has 0 saturated carbocycles. The first-order chi connectivity index (χ1) is 34.0. The van der Waals surface area contributed by atoms with E-state index in [0.29, 0.717) is 19.3 Å². The molecule has 0 heterocycles. The summed E-state index contributed by atoms with van der Waals surface area (Å²) in [6.07, 6.45) is 67.8. The minimum absolute atomic E-state index is 0.0661. The molecule has 0 radical (unpaired) electrons. The van der Waals surface area contributed by atoms with Crippen LogP contribution in [0, 0.1) is 0 Å². The van der Waals surface area contributed by atoms with E-state index in [1.165, 1.54) is 250 Å². The third kappa shape index (κ3) is 56.9. The number of hydrogen-bond donors (Lipinski definition) is 0. The quantitative estimate of drug-likeness (QED) is 0.0261. The van der Waals surface area contributed by atoms with Crippen molar-refractivity contribution in [2.24, 2.45) is 0 Å². The summed E-state index contributed by atoms with van der Waals surface area (Å²) >= 11 is 0. The van der Waals surface area contributed by atoms with Crippen molar-refractivity contribution >= 4 is 17.9 Å². The molecule has 0 bridgehead atoms. The number of carbonyl (C=O) groups is 3. The molecule has 6 nitrogen and oxygen atoms in total. The van der Waals surface area contributed by atoms with Crippen LogP contribution in [0.25, 0.3) is 0 Å². The van der Waals surface area contributed by atoms with E-state index in [2.05, 4.69) is 32.9 Å². The topological polar surface area (TPSA) is 78.9 Å². The lowest BCUT2D eigenvalue weighted by atomic mass is 10.0. The van der Waals surface area contributed by atoms with Gasteiger partial charge in [0.25, 0.3) is 0 Å². The van der Waals surface area contributed by atoms with Gasteiger partial charge in [-0.3, -0.25) is 14.4 Å². The lowest BCUT2D eigenvalue weighted by Gasteiger charge is -2.18. The molecule has 0 aliphatic rings. The molecule has 0 aromatic rings. The Morgan fingerprint density at radius 1 is 0.275 bits per heavy atom. The average molecular weight is 974 g/mol. The highest BCUT2D eigenvalue weighted by Crippen LogP contribution is 2.18. The fourth-order valence-corrected chi connectivity index (χ4v) is 9.56. The smallest absolute Gasteiger partial charge is 0.306 e. The van der Waals surface area contributed by atoms with Gasteiger partial charge < -0.3 is 14.2 Å². The zero-order valence-corrected chi connectivity index (χ0v) is 46.9. The summed E-state index contributed by atoms with van der Waals surface area (Å²) in [5, 5.41) is 0. The van der Waals surface area contributed by atoms with Crippen molar-refractivity contribution < 1.29 is 28.6 Å². The largest absolute Gasteiger partial charge is 0.462 e. The molecule has 408 valence electrons. The molecule has 1 unspecified atom stereocenters. The molecule has 0 aromatic carbocycles. The first-order valence-corrected chi connectivity index (χ1v) is 31.2. The van der Waals surface area contributed by atoms with E-state index in [4.69, 9.17) is 14.2 Å². The molecule has 0 aliphatic heterocycles. The van der Waals surface area contributed by atoms with Crippen LogP contribution < -0.4 is 0 Å². The Labute approximate surface area is 431 Å². The summed E-state index contributed by atoms with van der Waals surface area (Å²) in [6.45, 7) is 6.69. The fourth-order valence-electron chi connectivity index (χ4n) is 9.56. The molecule has 0 aromatic heterocycles. The Bertz CT molecular complexity index is 1070. The molecule has 0 fully saturated rings. The van der Waals surface area contributed by atoms with Gasteiger partial charge in [-0.2, -0.15) is 0 Å². The minimum Gasteiger partial charge on any atom is -0.462 e. The maximum atomic E-state index is 12.9. The van der Waals surface area contributed by atoms with Crippen LogP contribution in [-0.2, 0) is 28.6 Å². The highest BCUT2D eigenvalue weighted by Gasteiger charge is 2.19. The number of allylic oxidation sites excluding steroid dienone is 2. The lowest BCUT2D eigenvalue weighted by Crippen LogP contribution is -2.30. The van der Waals surface area contributed by atoms with Crippen molar-refractivity contribution in [2.45, 2.75) is 361 Å². The van der Waals surface area contributed by atoms with Gasteiger partial charge in [-0.05, 0) is 44.9 Å². The van der Waals surface area contributed by atoms with Crippen molar-refractivity contribution in [3.8, 4) is 0 Å². The number of rotatable bonds is 58. The van der Waals surface area contributed by atoms with E-state index in [1.54, 1.807) is 0 Å². The number of ether oxygens (including phenoxy) is 3. The summed E-state index contributed by atoms with van der Waals surface area (Å²) in [7, 11) is 0. The summed E-state index contributed by atoms with van der Waals surface area (Å²) in [5.41, 5.74) is 0. The molecule has 0 saturated heterocycles. The van der Waals surface area contributed by atoms with Gasteiger partial charge in [0, 0.05) is 19.3 Å². The Kier molecular flexibility index (Phi) is 57.1. The second-order valence-corrected chi connectivity index (χ2v) is 21.3. The molecule has 0 spiro atoms. The van der Waals surface area contributed by atoms with E-state index in [-0.39, 0.29) is 31.1 Å². The zero-order valence-electron chi connectivity index (χ0n) is 46.9. The van der Waals surface area contributed by atoms with Crippen molar-refractivity contribution in [1.82, 2.24) is 0 Å². The van der Waals surface area contributed by atoms with Crippen LogP contribution in [0.2, 0.25) is 0 Å². The molecular formula is C63H120O6. The van der Waals surface area contributed by atoms with Crippen LogP contribution in [0.5, 0.6) is 0 Å². The average Bonchev–Trinajstić information content (AvgIpc) is 3.35. The maximum absolute atomic E-state index is 12.9. The van der Waals surface area contributed by atoms with E-state index < -0.39 is 6.10 Å². The number of carbonyl (C=O) groups excluding carboxylic acids is 3. The van der Waals surface area contributed by atoms with Gasteiger partial charge >= 0.3 is 17.9 Å².